The normalized spacial score (nSPS) is 22.9. The highest BCUT2D eigenvalue weighted by molar-refractivity contribution is 6.07. The fourth-order valence-electron chi connectivity index (χ4n) is 3.08. The van der Waals surface area contributed by atoms with Gasteiger partial charge in [0.1, 0.15) is 6.04 Å². The van der Waals surface area contributed by atoms with Crippen molar-refractivity contribution in [2.75, 3.05) is 13.1 Å². The first kappa shape index (κ1) is 18.9. The lowest BCUT2D eigenvalue weighted by Crippen LogP contribution is -2.43. The van der Waals surface area contributed by atoms with E-state index in [1.807, 2.05) is 0 Å². The number of carbonyl (C=O) groups excluding carboxylic acids is 3. The lowest BCUT2D eigenvalue weighted by Gasteiger charge is -2.22. The Kier molecular flexibility index (Phi) is 7.29. The van der Waals surface area contributed by atoms with Crippen LogP contribution in [0.1, 0.15) is 46.0 Å². The van der Waals surface area contributed by atoms with Gasteiger partial charge in [0.15, 0.2) is 0 Å². The number of halogens is 1. The molecule has 0 aromatic heterocycles. The molecule has 2 N–H and O–H groups in total. The number of likely N-dealkylation sites (tertiary alicyclic amines) is 1. The predicted octanol–water partition coefficient (Wildman–Crippen LogP) is 0.840. The van der Waals surface area contributed by atoms with E-state index in [0.717, 1.165) is 32.4 Å². The lowest BCUT2D eigenvalue weighted by atomic mass is 9.93. The highest BCUT2D eigenvalue weighted by atomic mass is 35.5. The van der Waals surface area contributed by atoms with Gasteiger partial charge in [0, 0.05) is 12.5 Å². The molecular weight excluding hydrogens is 306 g/mol. The first-order valence-corrected chi connectivity index (χ1v) is 7.85. The Morgan fingerprint density at radius 1 is 1.32 bits per heavy atom. The maximum absolute atomic E-state index is 12.1. The van der Waals surface area contributed by atoms with E-state index in [2.05, 4.69) is 10.6 Å². The van der Waals surface area contributed by atoms with E-state index >= 15 is 0 Å². The van der Waals surface area contributed by atoms with E-state index in [-0.39, 0.29) is 42.6 Å². The number of hydrogen-bond donors (Lipinski definition) is 2. The van der Waals surface area contributed by atoms with E-state index < -0.39 is 6.04 Å². The van der Waals surface area contributed by atoms with Crippen molar-refractivity contribution in [3.8, 4) is 0 Å². The summed E-state index contributed by atoms with van der Waals surface area (Å²) in [6.07, 6.45) is 3.60. The third-order valence-electron chi connectivity index (χ3n) is 4.27. The molecule has 1 atom stereocenters. The zero-order valence-corrected chi connectivity index (χ0v) is 14.1. The molecule has 0 saturated carbocycles. The Hall–Kier alpha value is -1.14. The second-order valence-electron chi connectivity index (χ2n) is 6.25. The molecule has 1 unspecified atom stereocenters. The summed E-state index contributed by atoms with van der Waals surface area (Å²) in [7, 11) is 0. The van der Waals surface area contributed by atoms with Crippen LogP contribution < -0.4 is 10.6 Å². The van der Waals surface area contributed by atoms with Gasteiger partial charge in [0.2, 0.25) is 11.8 Å². The van der Waals surface area contributed by atoms with Crippen molar-refractivity contribution in [2.45, 2.75) is 58.0 Å². The standard InChI is InChI=1S/C15H25N3O3.ClH/c1-10(2)18-14(20)9-12(15(18)21)17-13(19)4-3-11-5-7-16-8-6-11;/h10-12,16H,3-9H2,1-2H3,(H,17,19);1H. The highest BCUT2D eigenvalue weighted by Gasteiger charge is 2.40. The van der Waals surface area contributed by atoms with Gasteiger partial charge in [-0.2, -0.15) is 0 Å². The van der Waals surface area contributed by atoms with Gasteiger partial charge in [-0.25, -0.2) is 0 Å². The van der Waals surface area contributed by atoms with Crippen molar-refractivity contribution in [3.63, 3.8) is 0 Å². The van der Waals surface area contributed by atoms with Crippen molar-refractivity contribution in [1.29, 1.82) is 0 Å². The van der Waals surface area contributed by atoms with Crippen molar-refractivity contribution < 1.29 is 14.4 Å². The number of rotatable bonds is 5. The second-order valence-corrected chi connectivity index (χ2v) is 6.25. The number of amides is 3. The van der Waals surface area contributed by atoms with Gasteiger partial charge < -0.3 is 10.6 Å². The highest BCUT2D eigenvalue weighted by Crippen LogP contribution is 2.19. The van der Waals surface area contributed by atoms with Crippen molar-refractivity contribution in [2.24, 2.45) is 5.92 Å². The molecule has 0 aliphatic carbocycles. The largest absolute Gasteiger partial charge is 0.344 e. The summed E-state index contributed by atoms with van der Waals surface area (Å²) in [5.74, 6) is -0.000709. The summed E-state index contributed by atoms with van der Waals surface area (Å²) in [4.78, 5) is 37.1. The first-order valence-electron chi connectivity index (χ1n) is 7.85. The van der Waals surface area contributed by atoms with Gasteiger partial charge in [-0.05, 0) is 52.1 Å². The number of piperidine rings is 1. The fraction of sp³-hybridized carbons (Fsp3) is 0.800. The zero-order chi connectivity index (χ0) is 15.4. The molecule has 3 amide bonds. The van der Waals surface area contributed by atoms with Crippen LogP contribution in [0, 0.1) is 5.92 Å². The van der Waals surface area contributed by atoms with Gasteiger partial charge >= 0.3 is 0 Å². The smallest absolute Gasteiger partial charge is 0.252 e. The minimum Gasteiger partial charge on any atom is -0.344 e. The Labute approximate surface area is 137 Å². The molecule has 2 rings (SSSR count). The van der Waals surface area contributed by atoms with Crippen LogP contribution >= 0.6 is 12.4 Å². The summed E-state index contributed by atoms with van der Waals surface area (Å²) < 4.78 is 0. The van der Waals surface area contributed by atoms with E-state index in [1.54, 1.807) is 13.8 Å². The van der Waals surface area contributed by atoms with Crippen LogP contribution in [0.15, 0.2) is 0 Å². The number of hydrogen-bond acceptors (Lipinski definition) is 4. The van der Waals surface area contributed by atoms with Gasteiger partial charge in [-0.1, -0.05) is 0 Å². The molecule has 6 nitrogen and oxygen atoms in total. The minimum absolute atomic E-state index is 0. The molecule has 2 aliphatic rings. The molecule has 22 heavy (non-hydrogen) atoms. The van der Waals surface area contributed by atoms with Crippen LogP contribution in [-0.2, 0) is 14.4 Å². The van der Waals surface area contributed by atoms with Gasteiger partial charge in [-0.15, -0.1) is 12.4 Å². The predicted molar refractivity (Wildman–Crippen MR) is 85.6 cm³/mol. The Balaban J connectivity index is 0.00000242. The Morgan fingerprint density at radius 2 is 1.95 bits per heavy atom. The second kappa shape index (κ2) is 8.48. The molecular formula is C15H26ClN3O3. The van der Waals surface area contributed by atoms with E-state index in [9.17, 15) is 14.4 Å². The number of imide groups is 1. The van der Waals surface area contributed by atoms with E-state index in [0.29, 0.717) is 12.3 Å². The first-order chi connectivity index (χ1) is 9.99. The summed E-state index contributed by atoms with van der Waals surface area (Å²) in [6, 6.07) is -0.818. The SMILES string of the molecule is CC(C)N1C(=O)CC(NC(=O)CCC2CCNCC2)C1=O.Cl. The van der Waals surface area contributed by atoms with Gasteiger partial charge in [-0.3, -0.25) is 19.3 Å². The van der Waals surface area contributed by atoms with Crippen molar-refractivity contribution in [1.82, 2.24) is 15.5 Å². The van der Waals surface area contributed by atoms with Gasteiger partial charge in [0.25, 0.3) is 5.91 Å². The molecule has 2 aliphatic heterocycles. The maximum Gasteiger partial charge on any atom is 0.252 e. The quantitative estimate of drug-likeness (QED) is 0.732. The number of carbonyl (C=O) groups is 3. The molecule has 0 spiro atoms. The van der Waals surface area contributed by atoms with Crippen LogP contribution in [-0.4, -0.2) is 47.8 Å². The summed E-state index contributed by atoms with van der Waals surface area (Å²) in [5, 5.41) is 6.02. The third-order valence-corrected chi connectivity index (χ3v) is 4.27. The monoisotopic (exact) mass is 331 g/mol. The number of nitrogens with one attached hydrogen (secondary N) is 2. The van der Waals surface area contributed by atoms with Crippen LogP contribution in [0.4, 0.5) is 0 Å². The van der Waals surface area contributed by atoms with Crippen LogP contribution in [0.5, 0.6) is 0 Å². The van der Waals surface area contributed by atoms with E-state index in [1.165, 1.54) is 4.90 Å². The molecule has 0 aromatic rings. The third kappa shape index (κ3) is 4.68. The average molecular weight is 332 g/mol. The molecule has 2 heterocycles. The number of nitrogens with zero attached hydrogens (tertiary/aromatic N) is 1. The zero-order valence-electron chi connectivity index (χ0n) is 13.3. The lowest BCUT2D eigenvalue weighted by molar-refractivity contribution is -0.141. The molecule has 126 valence electrons. The molecule has 0 aromatic carbocycles. The van der Waals surface area contributed by atoms with Gasteiger partial charge in [0.05, 0.1) is 6.42 Å². The minimum atomic E-state index is -0.666. The molecule has 2 fully saturated rings. The van der Waals surface area contributed by atoms with Crippen LogP contribution in [0.3, 0.4) is 0 Å². The molecule has 7 heteroatoms. The van der Waals surface area contributed by atoms with Crippen LogP contribution in [0.2, 0.25) is 0 Å². The molecule has 0 bridgehead atoms. The fourth-order valence-corrected chi connectivity index (χ4v) is 3.08. The van der Waals surface area contributed by atoms with Crippen molar-refractivity contribution in [3.05, 3.63) is 0 Å². The molecule has 0 radical (unpaired) electrons. The van der Waals surface area contributed by atoms with Crippen LogP contribution in [0.25, 0.3) is 0 Å². The van der Waals surface area contributed by atoms with Crippen molar-refractivity contribution >= 4 is 30.1 Å². The topological polar surface area (TPSA) is 78.5 Å². The summed E-state index contributed by atoms with van der Waals surface area (Å²) in [5.41, 5.74) is 0. The summed E-state index contributed by atoms with van der Waals surface area (Å²) in [6.45, 7) is 5.64. The average Bonchev–Trinajstić information content (AvgIpc) is 2.72. The Bertz CT molecular complexity index is 422. The van der Waals surface area contributed by atoms with E-state index in [4.69, 9.17) is 0 Å². The summed E-state index contributed by atoms with van der Waals surface area (Å²) >= 11 is 0. The Morgan fingerprint density at radius 3 is 2.50 bits per heavy atom. The molecule has 2 saturated heterocycles. The maximum atomic E-state index is 12.1.